The van der Waals surface area contributed by atoms with Crippen LogP contribution in [0, 0.1) is 5.92 Å². The standard InChI is InChI=1S/C14H18ClNO3/c1-18-14(17)16-8-2-3-11(9-16)10-19-13-6-4-12(15)5-7-13/h4-7,11H,2-3,8-10H2,1H3. The summed E-state index contributed by atoms with van der Waals surface area (Å²) in [4.78, 5) is 13.2. The number of carbonyl (C=O) groups is 1. The highest BCUT2D eigenvalue weighted by atomic mass is 35.5. The molecule has 1 saturated heterocycles. The molecule has 1 amide bonds. The number of rotatable bonds is 3. The molecule has 1 atom stereocenters. The molecule has 0 spiro atoms. The van der Waals surface area contributed by atoms with Crippen LogP contribution in [0.15, 0.2) is 24.3 Å². The second kappa shape index (κ2) is 6.66. The van der Waals surface area contributed by atoms with E-state index in [1.807, 2.05) is 12.1 Å². The second-order valence-corrected chi connectivity index (χ2v) is 5.13. The number of likely N-dealkylation sites (tertiary alicyclic amines) is 1. The summed E-state index contributed by atoms with van der Waals surface area (Å²) in [7, 11) is 1.41. The van der Waals surface area contributed by atoms with Gasteiger partial charge in [0, 0.05) is 24.0 Å². The molecule has 0 aromatic heterocycles. The minimum Gasteiger partial charge on any atom is -0.493 e. The zero-order valence-corrected chi connectivity index (χ0v) is 11.7. The first-order valence-electron chi connectivity index (χ1n) is 6.40. The van der Waals surface area contributed by atoms with Crippen molar-refractivity contribution in [3.63, 3.8) is 0 Å². The Bertz CT molecular complexity index is 421. The number of amides is 1. The Morgan fingerprint density at radius 2 is 2.16 bits per heavy atom. The number of benzene rings is 1. The van der Waals surface area contributed by atoms with Gasteiger partial charge in [-0.3, -0.25) is 0 Å². The first kappa shape index (κ1) is 14.0. The van der Waals surface area contributed by atoms with Crippen molar-refractivity contribution in [2.24, 2.45) is 5.92 Å². The summed E-state index contributed by atoms with van der Waals surface area (Å²) in [6, 6.07) is 7.31. The number of ether oxygens (including phenoxy) is 2. The topological polar surface area (TPSA) is 38.8 Å². The lowest BCUT2D eigenvalue weighted by atomic mass is 9.99. The molecule has 1 fully saturated rings. The van der Waals surface area contributed by atoms with E-state index >= 15 is 0 Å². The summed E-state index contributed by atoms with van der Waals surface area (Å²) in [6.07, 6.45) is 1.81. The summed E-state index contributed by atoms with van der Waals surface area (Å²) in [5.74, 6) is 1.16. The maximum Gasteiger partial charge on any atom is 0.409 e. The van der Waals surface area contributed by atoms with Gasteiger partial charge in [0.1, 0.15) is 5.75 Å². The number of piperidine rings is 1. The first-order chi connectivity index (χ1) is 9.19. The van der Waals surface area contributed by atoms with Crippen LogP contribution in [0.4, 0.5) is 4.79 Å². The molecule has 4 nitrogen and oxygen atoms in total. The van der Waals surface area contributed by atoms with Gasteiger partial charge in [-0.1, -0.05) is 11.6 Å². The molecular weight excluding hydrogens is 266 g/mol. The number of hydrogen-bond acceptors (Lipinski definition) is 3. The van der Waals surface area contributed by atoms with Crippen molar-refractivity contribution in [1.29, 1.82) is 0 Å². The Kier molecular flexibility index (Phi) is 4.91. The van der Waals surface area contributed by atoms with E-state index in [-0.39, 0.29) is 6.09 Å². The van der Waals surface area contributed by atoms with Gasteiger partial charge in [0.05, 0.1) is 13.7 Å². The molecule has 0 aliphatic carbocycles. The van der Waals surface area contributed by atoms with Crippen molar-refractivity contribution in [2.75, 3.05) is 26.8 Å². The fourth-order valence-corrected chi connectivity index (χ4v) is 2.37. The highest BCUT2D eigenvalue weighted by Gasteiger charge is 2.24. The molecule has 1 heterocycles. The largest absolute Gasteiger partial charge is 0.493 e. The van der Waals surface area contributed by atoms with Crippen molar-refractivity contribution in [3.05, 3.63) is 29.3 Å². The van der Waals surface area contributed by atoms with E-state index in [1.165, 1.54) is 7.11 Å². The van der Waals surface area contributed by atoms with Crippen molar-refractivity contribution in [3.8, 4) is 5.75 Å². The van der Waals surface area contributed by atoms with E-state index < -0.39 is 0 Å². The van der Waals surface area contributed by atoms with Crippen molar-refractivity contribution in [2.45, 2.75) is 12.8 Å². The van der Waals surface area contributed by atoms with Gasteiger partial charge in [0.25, 0.3) is 0 Å². The van der Waals surface area contributed by atoms with Crippen LogP contribution in [0.25, 0.3) is 0 Å². The van der Waals surface area contributed by atoms with Crippen molar-refractivity contribution >= 4 is 17.7 Å². The maximum absolute atomic E-state index is 11.5. The lowest BCUT2D eigenvalue weighted by Crippen LogP contribution is -2.41. The van der Waals surface area contributed by atoms with Gasteiger partial charge < -0.3 is 14.4 Å². The zero-order chi connectivity index (χ0) is 13.7. The second-order valence-electron chi connectivity index (χ2n) is 4.69. The van der Waals surface area contributed by atoms with Crippen LogP contribution in [0.5, 0.6) is 5.75 Å². The van der Waals surface area contributed by atoms with E-state index in [0.29, 0.717) is 24.1 Å². The maximum atomic E-state index is 11.5. The molecule has 1 unspecified atom stereocenters. The summed E-state index contributed by atoms with van der Waals surface area (Å²) in [6.45, 7) is 2.07. The lowest BCUT2D eigenvalue weighted by Gasteiger charge is -2.31. The van der Waals surface area contributed by atoms with Crippen LogP contribution in [0.3, 0.4) is 0 Å². The third-order valence-electron chi connectivity index (χ3n) is 3.25. The normalized spacial score (nSPS) is 19.1. The summed E-state index contributed by atoms with van der Waals surface area (Å²) in [5, 5.41) is 0.696. The molecule has 0 saturated carbocycles. The van der Waals surface area contributed by atoms with Crippen molar-refractivity contribution in [1.82, 2.24) is 4.90 Å². The molecule has 1 aliphatic heterocycles. The van der Waals surface area contributed by atoms with Gasteiger partial charge in [-0.15, -0.1) is 0 Å². The third-order valence-corrected chi connectivity index (χ3v) is 3.50. The van der Waals surface area contributed by atoms with E-state index in [4.69, 9.17) is 21.1 Å². The molecule has 5 heteroatoms. The molecule has 2 rings (SSSR count). The molecule has 1 aliphatic rings. The van der Waals surface area contributed by atoms with Gasteiger partial charge in [-0.05, 0) is 37.1 Å². The Labute approximate surface area is 118 Å². The minimum atomic E-state index is -0.254. The number of halogens is 1. The van der Waals surface area contributed by atoms with E-state index in [1.54, 1.807) is 17.0 Å². The number of hydrogen-bond donors (Lipinski definition) is 0. The monoisotopic (exact) mass is 283 g/mol. The van der Waals surface area contributed by atoms with Crippen LogP contribution in [0.1, 0.15) is 12.8 Å². The van der Waals surface area contributed by atoms with Gasteiger partial charge in [0.2, 0.25) is 0 Å². The summed E-state index contributed by atoms with van der Waals surface area (Å²) in [5.41, 5.74) is 0. The van der Waals surface area contributed by atoms with Crippen LogP contribution >= 0.6 is 11.6 Å². The highest BCUT2D eigenvalue weighted by Crippen LogP contribution is 2.20. The van der Waals surface area contributed by atoms with Gasteiger partial charge in [0.15, 0.2) is 0 Å². The van der Waals surface area contributed by atoms with Crippen LogP contribution in [0.2, 0.25) is 5.02 Å². The number of methoxy groups -OCH3 is 1. The molecule has 19 heavy (non-hydrogen) atoms. The Morgan fingerprint density at radius 3 is 2.84 bits per heavy atom. The van der Waals surface area contributed by atoms with Crippen LogP contribution in [-0.4, -0.2) is 37.8 Å². The fourth-order valence-electron chi connectivity index (χ4n) is 2.24. The summed E-state index contributed by atoms with van der Waals surface area (Å²) < 4.78 is 10.5. The lowest BCUT2D eigenvalue weighted by molar-refractivity contribution is 0.0903. The SMILES string of the molecule is COC(=O)N1CCCC(COc2ccc(Cl)cc2)C1. The van der Waals surface area contributed by atoms with E-state index in [0.717, 1.165) is 25.1 Å². The average Bonchev–Trinajstić information content (AvgIpc) is 2.46. The predicted octanol–water partition coefficient (Wildman–Crippen LogP) is 3.20. The summed E-state index contributed by atoms with van der Waals surface area (Å²) >= 11 is 5.82. The third kappa shape index (κ3) is 4.03. The average molecular weight is 284 g/mol. The zero-order valence-electron chi connectivity index (χ0n) is 11.0. The number of nitrogens with zero attached hydrogens (tertiary/aromatic N) is 1. The molecular formula is C14H18ClNO3. The molecule has 0 radical (unpaired) electrons. The smallest absolute Gasteiger partial charge is 0.409 e. The molecule has 0 N–H and O–H groups in total. The number of carbonyl (C=O) groups excluding carboxylic acids is 1. The van der Waals surface area contributed by atoms with Crippen molar-refractivity contribution < 1.29 is 14.3 Å². The first-order valence-corrected chi connectivity index (χ1v) is 6.78. The van der Waals surface area contributed by atoms with E-state index in [2.05, 4.69) is 0 Å². The van der Waals surface area contributed by atoms with Crippen LogP contribution in [-0.2, 0) is 4.74 Å². The molecule has 104 valence electrons. The quantitative estimate of drug-likeness (QED) is 0.855. The minimum absolute atomic E-state index is 0.254. The highest BCUT2D eigenvalue weighted by molar-refractivity contribution is 6.30. The van der Waals surface area contributed by atoms with Gasteiger partial charge in [-0.25, -0.2) is 4.79 Å². The molecule has 0 bridgehead atoms. The Hall–Kier alpha value is -1.42. The fraction of sp³-hybridized carbons (Fsp3) is 0.500. The van der Waals surface area contributed by atoms with Gasteiger partial charge in [-0.2, -0.15) is 0 Å². The molecule has 1 aromatic rings. The van der Waals surface area contributed by atoms with E-state index in [9.17, 15) is 4.79 Å². The van der Waals surface area contributed by atoms with Gasteiger partial charge >= 0.3 is 6.09 Å². The Balaban J connectivity index is 1.82. The predicted molar refractivity (Wildman–Crippen MR) is 73.6 cm³/mol. The van der Waals surface area contributed by atoms with Crippen LogP contribution < -0.4 is 4.74 Å². The molecule has 1 aromatic carbocycles. The Morgan fingerprint density at radius 1 is 1.42 bits per heavy atom.